The van der Waals surface area contributed by atoms with E-state index in [1.165, 1.54) is 6.92 Å². The first-order chi connectivity index (χ1) is 7.61. The lowest BCUT2D eigenvalue weighted by atomic mass is 10.2. The number of benzene rings is 1. The Kier molecular flexibility index (Phi) is 4.79. The van der Waals surface area contributed by atoms with E-state index in [1.807, 2.05) is 0 Å². The Bertz CT molecular complexity index is 393. The minimum Gasteiger partial charge on any atom is -0.464 e. The summed E-state index contributed by atoms with van der Waals surface area (Å²) in [5.74, 6) is -0.330. The highest BCUT2D eigenvalue weighted by Gasteiger charge is 2.07. The van der Waals surface area contributed by atoms with E-state index in [1.54, 1.807) is 24.3 Å². The number of carbonyl (C=O) groups excluding carboxylic acids is 2. The molecule has 0 saturated carbocycles. The van der Waals surface area contributed by atoms with Gasteiger partial charge in [0.1, 0.15) is 6.61 Å². The first-order valence-corrected chi connectivity index (χ1v) is 5.15. The zero-order chi connectivity index (χ0) is 12.0. The molecule has 5 heteroatoms. The predicted molar refractivity (Wildman–Crippen MR) is 61.7 cm³/mol. The monoisotopic (exact) mass is 241 g/mol. The number of ether oxygens (including phenoxy) is 1. The number of anilines is 1. The Morgan fingerprint density at radius 3 is 2.69 bits per heavy atom. The average Bonchev–Trinajstić information content (AvgIpc) is 2.24. The molecular weight excluding hydrogens is 230 g/mol. The molecule has 0 radical (unpaired) electrons. The largest absolute Gasteiger partial charge is 0.464 e. The molecule has 86 valence electrons. The van der Waals surface area contributed by atoms with Crippen LogP contribution >= 0.6 is 11.6 Å². The number of hydrogen-bond acceptors (Lipinski definition) is 4. The van der Waals surface area contributed by atoms with Crippen molar-refractivity contribution in [2.45, 2.75) is 6.92 Å². The number of esters is 1. The van der Waals surface area contributed by atoms with Gasteiger partial charge in [-0.05, 0) is 23.7 Å². The molecule has 0 spiro atoms. The summed E-state index contributed by atoms with van der Waals surface area (Å²) in [6, 6.07) is 6.89. The third kappa shape index (κ3) is 3.90. The summed E-state index contributed by atoms with van der Waals surface area (Å²) in [6.07, 6.45) is 0. The van der Waals surface area contributed by atoms with Gasteiger partial charge >= 0.3 is 5.97 Å². The van der Waals surface area contributed by atoms with Gasteiger partial charge in [0.25, 0.3) is 5.24 Å². The van der Waals surface area contributed by atoms with E-state index in [2.05, 4.69) is 5.32 Å². The van der Waals surface area contributed by atoms with E-state index in [-0.39, 0.29) is 12.6 Å². The molecular formula is C11H12ClNO3. The second-order valence-corrected chi connectivity index (χ2v) is 3.43. The van der Waals surface area contributed by atoms with Crippen molar-refractivity contribution in [1.29, 1.82) is 0 Å². The molecule has 0 aliphatic carbocycles. The van der Waals surface area contributed by atoms with Gasteiger partial charge in [0.2, 0.25) is 0 Å². The molecule has 0 atom stereocenters. The van der Waals surface area contributed by atoms with Crippen LogP contribution in [-0.4, -0.2) is 24.4 Å². The zero-order valence-corrected chi connectivity index (χ0v) is 9.58. The molecule has 0 fully saturated rings. The second-order valence-electron chi connectivity index (χ2n) is 3.09. The fourth-order valence-corrected chi connectivity index (χ4v) is 1.35. The van der Waals surface area contributed by atoms with Gasteiger partial charge in [-0.3, -0.25) is 9.59 Å². The quantitative estimate of drug-likeness (QED) is 0.487. The van der Waals surface area contributed by atoms with E-state index in [0.29, 0.717) is 17.8 Å². The molecule has 16 heavy (non-hydrogen) atoms. The summed E-state index contributed by atoms with van der Waals surface area (Å²) >= 11 is 5.41. The molecule has 1 aromatic carbocycles. The number of rotatable bonds is 5. The van der Waals surface area contributed by atoms with Crippen molar-refractivity contribution in [1.82, 2.24) is 0 Å². The summed E-state index contributed by atoms with van der Waals surface area (Å²) < 4.78 is 4.74. The number of halogens is 1. The molecule has 0 amide bonds. The van der Waals surface area contributed by atoms with Crippen molar-refractivity contribution in [2.24, 2.45) is 0 Å². The number of carbonyl (C=O) groups is 2. The van der Waals surface area contributed by atoms with Crippen LogP contribution in [0.3, 0.4) is 0 Å². The van der Waals surface area contributed by atoms with E-state index < -0.39 is 5.24 Å². The van der Waals surface area contributed by atoms with Crippen LogP contribution in [0.4, 0.5) is 5.69 Å². The molecule has 1 aromatic rings. The topological polar surface area (TPSA) is 55.4 Å². The summed E-state index contributed by atoms with van der Waals surface area (Å²) in [7, 11) is 0. The maximum atomic E-state index is 11.0. The first-order valence-electron chi connectivity index (χ1n) is 4.77. The van der Waals surface area contributed by atoms with Crippen LogP contribution in [0.1, 0.15) is 17.3 Å². The van der Waals surface area contributed by atoms with Crippen molar-refractivity contribution < 1.29 is 14.3 Å². The first kappa shape index (κ1) is 12.5. The van der Waals surface area contributed by atoms with Crippen LogP contribution in [0, 0.1) is 0 Å². The lowest BCUT2D eigenvalue weighted by Crippen LogP contribution is -2.13. The highest BCUT2D eigenvalue weighted by Crippen LogP contribution is 2.16. The van der Waals surface area contributed by atoms with E-state index in [0.717, 1.165) is 0 Å². The highest BCUT2D eigenvalue weighted by atomic mass is 35.5. The van der Waals surface area contributed by atoms with Crippen molar-refractivity contribution >= 4 is 28.5 Å². The number of nitrogens with one attached hydrogen (secondary N) is 1. The predicted octanol–water partition coefficient (Wildman–Crippen LogP) is 2.04. The third-order valence-corrected chi connectivity index (χ3v) is 2.07. The van der Waals surface area contributed by atoms with Crippen molar-refractivity contribution in [3.05, 3.63) is 29.8 Å². The average molecular weight is 242 g/mol. The lowest BCUT2D eigenvalue weighted by molar-refractivity contribution is -0.140. The normalized spacial score (nSPS) is 9.62. The standard InChI is InChI=1S/C11H12ClNO3/c1-8(14)16-7-6-13-10-5-3-2-4-9(10)11(12)15/h2-5,13H,6-7H2,1H3. The lowest BCUT2D eigenvalue weighted by Gasteiger charge is -2.09. The zero-order valence-electron chi connectivity index (χ0n) is 8.83. The summed E-state index contributed by atoms with van der Waals surface area (Å²) in [6.45, 7) is 2.02. The Labute approximate surface area is 98.5 Å². The molecule has 0 heterocycles. The smallest absolute Gasteiger partial charge is 0.302 e. The van der Waals surface area contributed by atoms with Gasteiger partial charge in [0.15, 0.2) is 0 Å². The van der Waals surface area contributed by atoms with Gasteiger partial charge in [0.05, 0.1) is 5.56 Å². The molecule has 0 unspecified atom stereocenters. The minimum absolute atomic E-state index is 0.250. The Hall–Kier alpha value is -1.55. The fraction of sp³-hybridized carbons (Fsp3) is 0.273. The molecule has 4 nitrogen and oxygen atoms in total. The van der Waals surface area contributed by atoms with E-state index in [4.69, 9.17) is 16.3 Å². The van der Waals surface area contributed by atoms with Crippen LogP contribution in [0.25, 0.3) is 0 Å². The Morgan fingerprint density at radius 2 is 2.06 bits per heavy atom. The molecule has 1 N–H and O–H groups in total. The Balaban J connectivity index is 2.53. The summed E-state index contributed by atoms with van der Waals surface area (Å²) in [5, 5.41) is 2.45. The maximum Gasteiger partial charge on any atom is 0.302 e. The van der Waals surface area contributed by atoms with Crippen LogP contribution in [0.15, 0.2) is 24.3 Å². The number of para-hydroxylation sites is 1. The molecule has 0 aromatic heterocycles. The van der Waals surface area contributed by atoms with E-state index >= 15 is 0 Å². The second kappa shape index (κ2) is 6.12. The maximum absolute atomic E-state index is 11.0. The SMILES string of the molecule is CC(=O)OCCNc1ccccc1C(=O)Cl. The van der Waals surface area contributed by atoms with Crippen LogP contribution in [0.5, 0.6) is 0 Å². The van der Waals surface area contributed by atoms with Crippen molar-refractivity contribution in [2.75, 3.05) is 18.5 Å². The van der Waals surface area contributed by atoms with Gasteiger partial charge in [0, 0.05) is 19.2 Å². The molecule has 1 rings (SSSR count). The Morgan fingerprint density at radius 1 is 1.38 bits per heavy atom. The van der Waals surface area contributed by atoms with Crippen molar-refractivity contribution in [3.63, 3.8) is 0 Å². The number of hydrogen-bond donors (Lipinski definition) is 1. The van der Waals surface area contributed by atoms with Gasteiger partial charge < -0.3 is 10.1 Å². The molecule has 0 aliphatic heterocycles. The van der Waals surface area contributed by atoms with Gasteiger partial charge in [-0.1, -0.05) is 12.1 Å². The van der Waals surface area contributed by atoms with Crippen LogP contribution < -0.4 is 5.32 Å². The van der Waals surface area contributed by atoms with Crippen LogP contribution in [0.2, 0.25) is 0 Å². The molecule has 0 saturated heterocycles. The van der Waals surface area contributed by atoms with Gasteiger partial charge in [-0.15, -0.1) is 0 Å². The molecule has 0 bridgehead atoms. The van der Waals surface area contributed by atoms with Crippen LogP contribution in [-0.2, 0) is 9.53 Å². The van der Waals surface area contributed by atoms with Gasteiger partial charge in [-0.2, -0.15) is 0 Å². The minimum atomic E-state index is -0.518. The highest BCUT2D eigenvalue weighted by molar-refractivity contribution is 6.68. The fourth-order valence-electron chi connectivity index (χ4n) is 1.19. The van der Waals surface area contributed by atoms with E-state index in [9.17, 15) is 9.59 Å². The summed E-state index contributed by atoms with van der Waals surface area (Å²) in [5.41, 5.74) is 1.04. The third-order valence-electron chi connectivity index (χ3n) is 1.86. The molecule has 0 aliphatic rings. The van der Waals surface area contributed by atoms with Gasteiger partial charge in [-0.25, -0.2) is 0 Å². The van der Waals surface area contributed by atoms with Crippen molar-refractivity contribution in [3.8, 4) is 0 Å². The summed E-state index contributed by atoms with van der Waals surface area (Å²) in [4.78, 5) is 21.6.